The van der Waals surface area contributed by atoms with E-state index in [2.05, 4.69) is 20.6 Å². The largest absolute Gasteiger partial charge is 1.00 e. The number of unbranched alkanes of at least 4 members (excludes halogenated alkanes) is 1. The molecule has 0 saturated heterocycles. The minimum atomic E-state index is -4.90. The molecular weight excluding hydrogens is 807 g/mol. The normalized spacial score (nSPS) is 11.1. The number of azo groups is 1. The number of carboxylic acid groups (broad SMARTS) is 1. The van der Waals surface area contributed by atoms with Crippen molar-refractivity contribution in [2.24, 2.45) is 10.2 Å². The summed E-state index contributed by atoms with van der Waals surface area (Å²) in [5.74, 6) is -2.47. The monoisotopic (exact) mass is 829 g/mol. The molecule has 1 aromatic heterocycles. The minimum absolute atomic E-state index is 0. The number of carbonyl (C=O) groups is 2. The number of nitrogens with zero attached hydrogens (tertiary/aromatic N) is 6. The number of nitrogens with one attached hydrogen (secondary N) is 1. The third-order valence-corrected chi connectivity index (χ3v) is 8.32. The Morgan fingerprint density at radius 3 is 2.14 bits per heavy atom. The first-order chi connectivity index (χ1) is 21.5. The number of carbonyl (C=O) groups excluding carboxylic acids is 2. The maximum absolute atomic E-state index is 12.0. The van der Waals surface area contributed by atoms with Crippen LogP contribution in [0.3, 0.4) is 0 Å². The Balaban J connectivity index is 0.00000768. The van der Waals surface area contributed by atoms with Gasteiger partial charge in [0.15, 0.2) is 5.82 Å². The number of aromatic nitrogens is 2. The Bertz CT molecular complexity index is 1920. The molecule has 0 fully saturated rings. The number of halogens is 2. The third kappa shape index (κ3) is 16.0. The van der Waals surface area contributed by atoms with Crippen LogP contribution in [0.2, 0.25) is 10.0 Å². The van der Waals surface area contributed by atoms with Crippen LogP contribution in [-0.2, 0) is 29.8 Å². The molecule has 3 aromatic rings. The van der Waals surface area contributed by atoms with Gasteiger partial charge in [-0.15, -0.1) is 10.2 Å². The average Bonchev–Trinajstić information content (AvgIpc) is 3.34. The molecule has 0 radical (unpaired) electrons. The molecule has 1 amide bonds. The summed E-state index contributed by atoms with van der Waals surface area (Å²) in [7, 11) is -9.30. The van der Waals surface area contributed by atoms with Gasteiger partial charge in [-0.1, -0.05) is 23.2 Å². The van der Waals surface area contributed by atoms with Crippen molar-refractivity contribution < 1.29 is 195 Å². The molecule has 0 bridgehead atoms. The molecule has 0 unspecified atom stereocenters. The van der Waals surface area contributed by atoms with Gasteiger partial charge in [0.1, 0.15) is 33.1 Å². The standard InChI is InChI=1S/C26H27Cl2N7O9S2.3K/c1-16(36)31-23-11-18(34(9-4-5-24(37)38)8-2-3-10-45(39,40)41)6-7-22(23)32-33-26-17(14-29)15-30-35(26)25-20(27)12-19(13-21(25)28)46(42,43)44;;;/h6-7,11-13,15H,2-5,8-10H2,1H3,(H,31,36)(H,37,38)(H,39,40,41)(H,42,43,44);;;/q;3*+1/p-3. The molecule has 1 N–H and O–H groups in total. The van der Waals surface area contributed by atoms with Crippen LogP contribution in [0, 0.1) is 11.3 Å². The van der Waals surface area contributed by atoms with Crippen molar-refractivity contribution in [2.75, 3.05) is 29.1 Å². The molecule has 0 spiro atoms. The molecule has 0 aliphatic heterocycles. The van der Waals surface area contributed by atoms with Gasteiger partial charge in [-0.25, -0.2) is 21.5 Å². The zero-order valence-corrected chi connectivity index (χ0v) is 39.4. The van der Waals surface area contributed by atoms with Crippen LogP contribution in [0.1, 0.15) is 38.2 Å². The van der Waals surface area contributed by atoms with E-state index in [1.807, 2.05) is 6.07 Å². The molecule has 0 saturated carbocycles. The van der Waals surface area contributed by atoms with E-state index in [1.54, 1.807) is 11.0 Å². The van der Waals surface area contributed by atoms with Gasteiger partial charge in [0.25, 0.3) is 0 Å². The zero-order chi connectivity index (χ0) is 34.2. The maximum Gasteiger partial charge on any atom is 1.00 e. The fourth-order valence-corrected chi connectivity index (χ4v) is 5.99. The Labute approximate surface area is 420 Å². The molecule has 246 valence electrons. The number of hydrogen-bond acceptors (Lipinski definition) is 14. The molecule has 16 nitrogen and oxygen atoms in total. The van der Waals surface area contributed by atoms with Gasteiger partial charge in [-0.05, 0) is 56.0 Å². The van der Waals surface area contributed by atoms with Crippen LogP contribution >= 0.6 is 23.2 Å². The summed E-state index contributed by atoms with van der Waals surface area (Å²) >= 11 is 12.5. The van der Waals surface area contributed by atoms with Crippen molar-refractivity contribution in [3.8, 4) is 11.8 Å². The van der Waals surface area contributed by atoms with Crippen LogP contribution < -0.4 is 169 Å². The van der Waals surface area contributed by atoms with Crippen LogP contribution in [0.15, 0.2) is 51.7 Å². The molecule has 0 atom stereocenters. The van der Waals surface area contributed by atoms with E-state index < -0.39 is 42.8 Å². The Morgan fingerprint density at radius 1 is 1.00 bits per heavy atom. The number of carboxylic acids is 1. The SMILES string of the molecule is CC(=O)Nc1cc(N(CCCCS(=O)(=O)[O-])CCCC(=O)[O-])ccc1N=Nc1c(C#N)cnn1-c1c(Cl)cc(S(=O)(=O)[O-])cc1Cl.[K+].[K+].[K+]. The van der Waals surface area contributed by atoms with Gasteiger partial charge in [-0.3, -0.25) is 4.79 Å². The second-order valence-electron chi connectivity index (χ2n) is 9.61. The molecule has 1 heterocycles. The molecule has 49 heavy (non-hydrogen) atoms. The maximum atomic E-state index is 12.0. The number of aliphatic carboxylic acids is 1. The first-order valence-corrected chi connectivity index (χ1v) is 16.9. The van der Waals surface area contributed by atoms with E-state index >= 15 is 0 Å². The van der Waals surface area contributed by atoms with E-state index in [0.29, 0.717) is 5.69 Å². The van der Waals surface area contributed by atoms with Crippen LogP contribution in [0.4, 0.5) is 22.9 Å². The first-order valence-electron chi connectivity index (χ1n) is 13.2. The summed E-state index contributed by atoms with van der Waals surface area (Å²) in [5.41, 5.74) is 0.578. The topological polar surface area (TPSA) is 253 Å². The molecule has 23 heteroatoms. The Morgan fingerprint density at radius 2 is 1.61 bits per heavy atom. The predicted octanol–water partition coefficient (Wildman–Crippen LogP) is -6.00. The summed E-state index contributed by atoms with van der Waals surface area (Å²) in [6.07, 6.45) is 1.44. The summed E-state index contributed by atoms with van der Waals surface area (Å²) in [6.45, 7) is 1.71. The van der Waals surface area contributed by atoms with E-state index in [9.17, 15) is 45.9 Å². The van der Waals surface area contributed by atoms with Gasteiger partial charge in [0.2, 0.25) is 5.91 Å². The van der Waals surface area contributed by atoms with E-state index in [-0.39, 0.29) is 231 Å². The fourth-order valence-electron chi connectivity index (χ4n) is 4.13. The van der Waals surface area contributed by atoms with Gasteiger partial charge in [-0.2, -0.15) is 10.4 Å². The van der Waals surface area contributed by atoms with Crippen molar-refractivity contribution in [2.45, 2.75) is 37.5 Å². The van der Waals surface area contributed by atoms with E-state index in [0.717, 1.165) is 23.0 Å². The van der Waals surface area contributed by atoms with Gasteiger partial charge in [0, 0.05) is 37.4 Å². The number of rotatable bonds is 15. The molecule has 0 aliphatic carbocycles. The number of amides is 1. The first kappa shape index (κ1) is 49.8. The Hall–Kier alpha value is 0.789. The summed E-state index contributed by atoms with van der Waals surface area (Å²) < 4.78 is 68.3. The van der Waals surface area contributed by atoms with Crippen LogP contribution in [0.5, 0.6) is 0 Å². The molecule has 3 rings (SSSR count). The molecule has 2 aromatic carbocycles. The van der Waals surface area contributed by atoms with Gasteiger partial charge >= 0.3 is 154 Å². The number of anilines is 2. The number of hydrogen-bond donors (Lipinski definition) is 1. The molecular formula is C26H24Cl2K3N7O9S2. The van der Waals surface area contributed by atoms with Gasteiger partial charge < -0.3 is 29.2 Å². The van der Waals surface area contributed by atoms with Crippen LogP contribution in [0.25, 0.3) is 5.69 Å². The predicted molar refractivity (Wildman–Crippen MR) is 161 cm³/mol. The van der Waals surface area contributed by atoms with Crippen LogP contribution in [-0.4, -0.2) is 66.4 Å². The zero-order valence-electron chi connectivity index (χ0n) is 26.8. The summed E-state index contributed by atoms with van der Waals surface area (Å²) in [4.78, 5) is 24.0. The van der Waals surface area contributed by atoms with E-state index in [1.165, 1.54) is 19.1 Å². The van der Waals surface area contributed by atoms with Crippen molar-refractivity contribution in [1.82, 2.24) is 9.78 Å². The summed E-state index contributed by atoms with van der Waals surface area (Å²) in [6, 6.07) is 8.19. The summed E-state index contributed by atoms with van der Waals surface area (Å²) in [5, 5.41) is 34.9. The number of benzene rings is 2. The minimum Gasteiger partial charge on any atom is -0.748 e. The second-order valence-corrected chi connectivity index (χ2v) is 13.3. The quantitative estimate of drug-likeness (QED) is 0.0651. The third-order valence-electron chi connectivity index (χ3n) is 6.14. The average molecular weight is 831 g/mol. The smallest absolute Gasteiger partial charge is 0.748 e. The number of nitriles is 1. The van der Waals surface area contributed by atoms with Crippen molar-refractivity contribution in [1.29, 1.82) is 5.26 Å². The fraction of sp³-hybridized carbons (Fsp3) is 0.308. The molecule has 0 aliphatic rings. The van der Waals surface area contributed by atoms with Crippen molar-refractivity contribution >= 4 is 78.2 Å². The van der Waals surface area contributed by atoms with E-state index in [4.69, 9.17) is 23.2 Å². The van der Waals surface area contributed by atoms with Gasteiger partial charge in [0.05, 0.1) is 36.9 Å². The van der Waals surface area contributed by atoms with Crippen molar-refractivity contribution in [3.05, 3.63) is 52.1 Å². The van der Waals surface area contributed by atoms with Crippen molar-refractivity contribution in [3.63, 3.8) is 0 Å². The Kier molecular flexibility index (Phi) is 23.2. The second kappa shape index (κ2) is 22.9.